The van der Waals surface area contributed by atoms with Crippen LogP contribution >= 0.6 is 0 Å². The highest BCUT2D eigenvalue weighted by molar-refractivity contribution is 5.48. The number of aromatic nitrogens is 2. The van der Waals surface area contributed by atoms with Crippen molar-refractivity contribution in [3.63, 3.8) is 0 Å². The lowest BCUT2D eigenvalue weighted by molar-refractivity contribution is 0.244. The molecule has 0 radical (unpaired) electrons. The summed E-state index contributed by atoms with van der Waals surface area (Å²) < 4.78 is 11.8. The van der Waals surface area contributed by atoms with Crippen molar-refractivity contribution in [3.8, 4) is 11.6 Å². The third-order valence-electron chi connectivity index (χ3n) is 3.73. The summed E-state index contributed by atoms with van der Waals surface area (Å²) in [6.45, 7) is 2.95. The quantitative estimate of drug-likeness (QED) is 0.572. The maximum Gasteiger partial charge on any atom is 0.276 e. The maximum absolute atomic E-state index is 5.97. The van der Waals surface area contributed by atoms with Crippen LogP contribution in [0.15, 0.2) is 72.8 Å². The molecule has 3 aromatic rings. The van der Waals surface area contributed by atoms with Gasteiger partial charge in [0.25, 0.3) is 5.88 Å². The van der Waals surface area contributed by atoms with Gasteiger partial charge in [-0.15, -0.1) is 10.2 Å². The van der Waals surface area contributed by atoms with Gasteiger partial charge in [-0.25, -0.2) is 0 Å². The monoisotopic (exact) mass is 346 g/mol. The lowest BCUT2D eigenvalue weighted by atomic mass is 10.2. The molecule has 0 aliphatic rings. The van der Waals surface area contributed by atoms with Crippen molar-refractivity contribution in [1.29, 1.82) is 0 Å². The van der Waals surface area contributed by atoms with Gasteiger partial charge in [-0.1, -0.05) is 73.7 Å². The molecule has 4 heteroatoms. The Morgan fingerprint density at radius 3 is 2.04 bits per heavy atom. The highest BCUT2D eigenvalue weighted by atomic mass is 16.5. The second-order valence-electron chi connectivity index (χ2n) is 5.80. The van der Waals surface area contributed by atoms with Gasteiger partial charge >= 0.3 is 0 Å². The molecule has 0 aliphatic carbocycles. The fourth-order valence-electron chi connectivity index (χ4n) is 2.36. The molecule has 2 aromatic carbocycles. The van der Waals surface area contributed by atoms with E-state index in [0.717, 1.165) is 23.2 Å². The molecule has 0 fully saturated rings. The van der Waals surface area contributed by atoms with Crippen molar-refractivity contribution in [2.75, 3.05) is 0 Å². The smallest absolute Gasteiger partial charge is 0.276 e. The molecular formula is C22H22N2O2. The Balaban J connectivity index is 1.76. The Morgan fingerprint density at radius 1 is 0.808 bits per heavy atom. The van der Waals surface area contributed by atoms with Crippen molar-refractivity contribution in [1.82, 2.24) is 10.2 Å². The first-order chi connectivity index (χ1) is 12.8. The van der Waals surface area contributed by atoms with Crippen molar-refractivity contribution in [2.24, 2.45) is 0 Å². The van der Waals surface area contributed by atoms with E-state index in [1.807, 2.05) is 78.9 Å². The van der Waals surface area contributed by atoms with E-state index >= 15 is 0 Å². The van der Waals surface area contributed by atoms with Crippen LogP contribution in [-0.4, -0.2) is 10.2 Å². The molecule has 132 valence electrons. The normalized spacial score (nSPS) is 10.8. The number of benzene rings is 2. The minimum Gasteiger partial charge on any atom is -0.483 e. The van der Waals surface area contributed by atoms with E-state index in [-0.39, 0.29) is 0 Å². The molecule has 1 heterocycles. The van der Waals surface area contributed by atoms with Gasteiger partial charge in [-0.05, 0) is 23.6 Å². The molecule has 0 aliphatic heterocycles. The van der Waals surface area contributed by atoms with Gasteiger partial charge in [0.15, 0.2) is 5.75 Å². The SMILES string of the molecule is CC/C=C/c1cc(OCc2ccccc2)c(OCc2ccccc2)nn1. The summed E-state index contributed by atoms with van der Waals surface area (Å²) in [5.74, 6) is 0.994. The molecule has 1 aromatic heterocycles. The molecule has 26 heavy (non-hydrogen) atoms. The summed E-state index contributed by atoms with van der Waals surface area (Å²) in [5.41, 5.74) is 2.91. The fraction of sp³-hybridized carbons (Fsp3) is 0.182. The van der Waals surface area contributed by atoms with Crippen molar-refractivity contribution in [3.05, 3.63) is 89.6 Å². The summed E-state index contributed by atoms with van der Waals surface area (Å²) in [7, 11) is 0. The van der Waals surface area contributed by atoms with Crippen molar-refractivity contribution >= 4 is 6.08 Å². The molecule has 0 saturated heterocycles. The molecule has 0 atom stereocenters. The van der Waals surface area contributed by atoms with E-state index < -0.39 is 0 Å². The summed E-state index contributed by atoms with van der Waals surface area (Å²) >= 11 is 0. The lowest BCUT2D eigenvalue weighted by Gasteiger charge is -2.12. The summed E-state index contributed by atoms with van der Waals surface area (Å²) in [6, 6.07) is 21.8. The number of allylic oxidation sites excluding steroid dienone is 1. The first kappa shape index (κ1) is 17.7. The average Bonchev–Trinajstić information content (AvgIpc) is 2.71. The van der Waals surface area contributed by atoms with E-state index in [1.54, 1.807) is 0 Å². The van der Waals surface area contributed by atoms with Crippen LogP contribution in [0.1, 0.15) is 30.2 Å². The third kappa shape index (κ3) is 5.18. The second kappa shape index (κ2) is 9.37. The molecule has 0 bridgehead atoms. The van der Waals surface area contributed by atoms with Gasteiger partial charge in [-0.2, -0.15) is 0 Å². The zero-order chi connectivity index (χ0) is 18.0. The van der Waals surface area contributed by atoms with Gasteiger partial charge in [0.05, 0.1) is 5.69 Å². The van der Waals surface area contributed by atoms with E-state index in [9.17, 15) is 0 Å². The Labute approximate surface area is 154 Å². The zero-order valence-corrected chi connectivity index (χ0v) is 14.8. The molecular weight excluding hydrogens is 324 g/mol. The predicted octanol–water partition coefficient (Wildman–Crippen LogP) is 5.06. The van der Waals surface area contributed by atoms with Crippen LogP contribution in [-0.2, 0) is 13.2 Å². The first-order valence-corrected chi connectivity index (χ1v) is 8.73. The predicted molar refractivity (Wildman–Crippen MR) is 103 cm³/mol. The van der Waals surface area contributed by atoms with Gasteiger partial charge < -0.3 is 9.47 Å². The highest BCUT2D eigenvalue weighted by Gasteiger charge is 2.10. The molecule has 0 saturated carbocycles. The number of ether oxygens (including phenoxy) is 2. The van der Waals surface area contributed by atoms with Crippen LogP contribution < -0.4 is 9.47 Å². The zero-order valence-electron chi connectivity index (χ0n) is 14.8. The largest absolute Gasteiger partial charge is 0.483 e. The van der Waals surface area contributed by atoms with Gasteiger partial charge in [0.1, 0.15) is 13.2 Å². The summed E-state index contributed by atoms with van der Waals surface area (Å²) in [6.07, 6.45) is 4.91. The molecule has 0 amide bonds. The Morgan fingerprint density at radius 2 is 1.42 bits per heavy atom. The summed E-state index contributed by atoms with van der Waals surface area (Å²) in [4.78, 5) is 0. The van der Waals surface area contributed by atoms with Crippen LogP contribution in [0.3, 0.4) is 0 Å². The van der Waals surface area contributed by atoms with E-state index in [0.29, 0.717) is 24.8 Å². The Bertz CT molecular complexity index is 833. The summed E-state index contributed by atoms with van der Waals surface area (Å²) in [5, 5.41) is 8.41. The van der Waals surface area contributed by atoms with Crippen LogP contribution in [0.4, 0.5) is 0 Å². The van der Waals surface area contributed by atoms with Gasteiger partial charge in [0, 0.05) is 6.07 Å². The molecule has 4 nitrogen and oxygen atoms in total. The maximum atomic E-state index is 5.97. The molecule has 0 unspecified atom stereocenters. The highest BCUT2D eigenvalue weighted by Crippen LogP contribution is 2.26. The number of nitrogens with zero attached hydrogens (tertiary/aromatic N) is 2. The molecule has 0 spiro atoms. The lowest BCUT2D eigenvalue weighted by Crippen LogP contribution is -2.04. The third-order valence-corrected chi connectivity index (χ3v) is 3.73. The van der Waals surface area contributed by atoms with Crippen LogP contribution in [0, 0.1) is 0 Å². The van der Waals surface area contributed by atoms with Crippen LogP contribution in [0.5, 0.6) is 11.6 Å². The standard InChI is InChI=1S/C22H22N2O2/c1-2-3-14-20-15-21(25-16-18-10-6-4-7-11-18)22(24-23-20)26-17-19-12-8-5-9-13-19/h3-15H,2,16-17H2,1H3/b14-3+. The van der Waals surface area contributed by atoms with Crippen molar-refractivity contribution < 1.29 is 9.47 Å². The van der Waals surface area contributed by atoms with E-state index in [2.05, 4.69) is 17.1 Å². The number of hydrogen-bond acceptors (Lipinski definition) is 4. The topological polar surface area (TPSA) is 44.2 Å². The Kier molecular flexibility index (Phi) is 6.37. The van der Waals surface area contributed by atoms with Gasteiger partial charge in [-0.3, -0.25) is 0 Å². The first-order valence-electron chi connectivity index (χ1n) is 8.73. The minimum absolute atomic E-state index is 0.401. The fourth-order valence-corrected chi connectivity index (χ4v) is 2.36. The van der Waals surface area contributed by atoms with Gasteiger partial charge in [0.2, 0.25) is 0 Å². The number of hydrogen-bond donors (Lipinski definition) is 0. The van der Waals surface area contributed by atoms with Crippen molar-refractivity contribution in [2.45, 2.75) is 26.6 Å². The molecule has 0 N–H and O–H groups in total. The Hall–Kier alpha value is -3.14. The van der Waals surface area contributed by atoms with E-state index in [1.165, 1.54) is 0 Å². The minimum atomic E-state index is 0.401. The van der Waals surface area contributed by atoms with Crippen LogP contribution in [0.2, 0.25) is 0 Å². The molecule has 3 rings (SSSR count). The average molecular weight is 346 g/mol. The number of rotatable bonds is 8. The second-order valence-corrected chi connectivity index (χ2v) is 5.80. The van der Waals surface area contributed by atoms with Crippen LogP contribution in [0.25, 0.3) is 6.08 Å². The van der Waals surface area contributed by atoms with E-state index in [4.69, 9.17) is 9.47 Å².